The first-order valence-electron chi connectivity index (χ1n) is 7.61. The molecule has 2 aromatic carbocycles. The van der Waals surface area contributed by atoms with E-state index in [9.17, 15) is 24.8 Å². The number of benzene rings is 2. The molecule has 0 aliphatic carbocycles. The summed E-state index contributed by atoms with van der Waals surface area (Å²) in [5.74, 6) is 0.123. The number of hydrogen-bond donors (Lipinski definition) is 3. The molecule has 0 spiro atoms. The molecule has 0 fully saturated rings. The van der Waals surface area contributed by atoms with E-state index in [4.69, 9.17) is 16.3 Å². The molecular formula is C17H16ClN3O6. The minimum absolute atomic E-state index is 0.00462. The van der Waals surface area contributed by atoms with Gasteiger partial charge in [-0.1, -0.05) is 29.8 Å². The lowest BCUT2D eigenvalue weighted by molar-refractivity contribution is -0.180. The molecule has 27 heavy (non-hydrogen) atoms. The number of carbonyl (C=O) groups is 3. The van der Waals surface area contributed by atoms with Gasteiger partial charge in [-0.05, 0) is 30.3 Å². The third-order valence-electron chi connectivity index (χ3n) is 3.37. The molecule has 2 aromatic rings. The summed E-state index contributed by atoms with van der Waals surface area (Å²) in [5, 5.41) is 21.4. The highest BCUT2D eigenvalue weighted by molar-refractivity contribution is 6.33. The topological polar surface area (TPSA) is 119 Å². The first-order chi connectivity index (χ1) is 12.9. The van der Waals surface area contributed by atoms with Crippen LogP contribution in [0.3, 0.4) is 0 Å². The highest BCUT2D eigenvalue weighted by Crippen LogP contribution is 2.26. The molecule has 3 N–H and O–H groups in total. The molecule has 0 saturated carbocycles. The average Bonchev–Trinajstić information content (AvgIpc) is 2.68. The molecule has 10 heteroatoms. The van der Waals surface area contributed by atoms with Crippen LogP contribution in [0.15, 0.2) is 48.5 Å². The molecule has 0 aliphatic heterocycles. The molecule has 0 saturated heterocycles. The van der Waals surface area contributed by atoms with E-state index in [2.05, 4.69) is 5.32 Å². The summed E-state index contributed by atoms with van der Waals surface area (Å²) in [6.45, 7) is -0.567. The van der Waals surface area contributed by atoms with Crippen molar-refractivity contribution < 1.29 is 29.5 Å². The van der Waals surface area contributed by atoms with Gasteiger partial charge >= 0.3 is 0 Å². The van der Waals surface area contributed by atoms with Gasteiger partial charge in [0.15, 0.2) is 6.17 Å². The Hall–Kier alpha value is -3.14. The number of amides is 3. The Labute approximate surface area is 159 Å². The van der Waals surface area contributed by atoms with Gasteiger partial charge in [0, 0.05) is 0 Å². The van der Waals surface area contributed by atoms with Crippen LogP contribution >= 0.6 is 11.6 Å². The molecule has 0 bridgehead atoms. The predicted molar refractivity (Wildman–Crippen MR) is 93.5 cm³/mol. The Bertz CT molecular complexity index is 805. The lowest BCUT2D eigenvalue weighted by Gasteiger charge is -2.25. The number of ether oxygens (including phenoxy) is 1. The van der Waals surface area contributed by atoms with E-state index in [0.29, 0.717) is 11.5 Å². The van der Waals surface area contributed by atoms with Gasteiger partial charge in [-0.3, -0.25) is 24.8 Å². The van der Waals surface area contributed by atoms with Crippen LogP contribution in [0, 0.1) is 0 Å². The Morgan fingerprint density at radius 1 is 1.11 bits per heavy atom. The quantitative estimate of drug-likeness (QED) is 0.259. The van der Waals surface area contributed by atoms with Crippen molar-refractivity contribution in [3.05, 3.63) is 59.1 Å². The first-order valence-corrected chi connectivity index (χ1v) is 7.99. The summed E-state index contributed by atoms with van der Waals surface area (Å²) in [7, 11) is 0. The number of rotatable bonds is 9. The highest BCUT2D eigenvalue weighted by Gasteiger charge is 2.23. The van der Waals surface area contributed by atoms with Crippen molar-refractivity contribution in [2.45, 2.75) is 6.17 Å². The zero-order valence-corrected chi connectivity index (χ0v) is 14.6. The predicted octanol–water partition coefficient (Wildman–Crippen LogP) is 1.88. The number of nitrogens with one attached hydrogen (secondary N) is 1. The van der Waals surface area contributed by atoms with Crippen LogP contribution in [0.5, 0.6) is 11.5 Å². The number of hydrogen-bond acceptors (Lipinski definition) is 6. The second-order valence-electron chi connectivity index (χ2n) is 5.26. The van der Waals surface area contributed by atoms with E-state index >= 15 is 0 Å². The smallest absolute Gasteiger partial charge is 0.254 e. The number of halogens is 1. The fourth-order valence-electron chi connectivity index (χ4n) is 2.08. The zero-order valence-electron chi connectivity index (χ0n) is 13.9. The third kappa shape index (κ3) is 5.68. The molecule has 1 unspecified atom stereocenters. The Morgan fingerprint density at radius 3 is 2.44 bits per heavy atom. The van der Waals surface area contributed by atoms with E-state index in [1.807, 2.05) is 6.07 Å². The monoisotopic (exact) mass is 393 g/mol. The van der Waals surface area contributed by atoms with Crippen molar-refractivity contribution in [3.63, 3.8) is 0 Å². The largest absolute Gasteiger partial charge is 0.457 e. The SMILES string of the molecule is O=CN(O)CC(NC(=O)c1cc(Oc2ccccc2)ccc1Cl)N(O)C=O. The van der Waals surface area contributed by atoms with Gasteiger partial charge in [0.2, 0.25) is 12.8 Å². The molecule has 1 atom stereocenters. The standard InChI is InChI=1S/C17H16ClN3O6/c18-15-7-6-13(27-12-4-2-1-3-5-12)8-14(15)17(24)19-16(21(26)11-23)9-20(25)10-22/h1-8,10-11,16,25-26H,9H2,(H,19,24). The van der Waals surface area contributed by atoms with Crippen LogP contribution in [0.25, 0.3) is 0 Å². The van der Waals surface area contributed by atoms with Crippen LogP contribution in [0.4, 0.5) is 0 Å². The van der Waals surface area contributed by atoms with Crippen molar-refractivity contribution in [2.24, 2.45) is 0 Å². The van der Waals surface area contributed by atoms with E-state index in [1.54, 1.807) is 30.3 Å². The number of hydroxylamine groups is 4. The van der Waals surface area contributed by atoms with Crippen LogP contribution < -0.4 is 10.1 Å². The lowest BCUT2D eigenvalue weighted by Crippen LogP contribution is -2.52. The Morgan fingerprint density at radius 2 is 1.81 bits per heavy atom. The molecule has 0 aliphatic rings. The van der Waals surface area contributed by atoms with Crippen LogP contribution in [-0.2, 0) is 9.59 Å². The molecule has 2 rings (SSSR count). The number of carbonyl (C=O) groups excluding carboxylic acids is 3. The first kappa shape index (κ1) is 20.2. The maximum atomic E-state index is 12.5. The summed E-state index contributed by atoms with van der Waals surface area (Å²) in [6, 6.07) is 13.2. The minimum Gasteiger partial charge on any atom is -0.457 e. The molecule has 0 aromatic heterocycles. The second-order valence-corrected chi connectivity index (χ2v) is 5.67. The van der Waals surface area contributed by atoms with E-state index in [-0.39, 0.29) is 33.5 Å². The maximum absolute atomic E-state index is 12.5. The van der Waals surface area contributed by atoms with Crippen LogP contribution in [0.1, 0.15) is 10.4 Å². The van der Waals surface area contributed by atoms with Crippen molar-refractivity contribution in [3.8, 4) is 11.5 Å². The fraction of sp³-hybridized carbons (Fsp3) is 0.118. The van der Waals surface area contributed by atoms with E-state index < -0.39 is 18.6 Å². The fourth-order valence-corrected chi connectivity index (χ4v) is 2.29. The maximum Gasteiger partial charge on any atom is 0.254 e. The van der Waals surface area contributed by atoms with Crippen molar-refractivity contribution in [2.75, 3.05) is 6.54 Å². The molecule has 9 nitrogen and oxygen atoms in total. The minimum atomic E-state index is -1.40. The molecule has 0 heterocycles. The van der Waals surface area contributed by atoms with Gasteiger partial charge in [0.05, 0.1) is 17.1 Å². The van der Waals surface area contributed by atoms with E-state index in [1.165, 1.54) is 12.1 Å². The molecule has 0 radical (unpaired) electrons. The van der Waals surface area contributed by atoms with Gasteiger partial charge in [-0.2, -0.15) is 0 Å². The van der Waals surface area contributed by atoms with E-state index in [0.717, 1.165) is 0 Å². The third-order valence-corrected chi connectivity index (χ3v) is 3.70. The van der Waals surface area contributed by atoms with Gasteiger partial charge in [-0.15, -0.1) is 0 Å². The van der Waals surface area contributed by atoms with Gasteiger partial charge in [-0.25, -0.2) is 10.1 Å². The molecule has 3 amide bonds. The number of nitrogens with zero attached hydrogens (tertiary/aromatic N) is 2. The highest BCUT2D eigenvalue weighted by atomic mass is 35.5. The lowest BCUT2D eigenvalue weighted by atomic mass is 10.2. The van der Waals surface area contributed by atoms with Crippen molar-refractivity contribution >= 4 is 30.3 Å². The van der Waals surface area contributed by atoms with Gasteiger partial charge in [0.25, 0.3) is 5.91 Å². The summed E-state index contributed by atoms with van der Waals surface area (Å²) in [6.07, 6.45) is -1.33. The normalized spacial score (nSPS) is 11.2. The Kier molecular flexibility index (Phi) is 7.12. The summed E-state index contributed by atoms with van der Waals surface area (Å²) in [4.78, 5) is 33.7. The summed E-state index contributed by atoms with van der Waals surface area (Å²) in [5.41, 5.74) is 0.00462. The van der Waals surface area contributed by atoms with Crippen molar-refractivity contribution in [1.29, 1.82) is 0 Å². The Balaban J connectivity index is 2.19. The zero-order chi connectivity index (χ0) is 19.8. The van der Waals surface area contributed by atoms with Gasteiger partial charge < -0.3 is 10.1 Å². The van der Waals surface area contributed by atoms with Gasteiger partial charge in [0.1, 0.15) is 11.5 Å². The van der Waals surface area contributed by atoms with Crippen LogP contribution in [-0.4, -0.2) is 52.0 Å². The molecule has 142 valence electrons. The van der Waals surface area contributed by atoms with Crippen molar-refractivity contribution in [1.82, 2.24) is 15.4 Å². The number of para-hydroxylation sites is 1. The van der Waals surface area contributed by atoms with Crippen LogP contribution in [0.2, 0.25) is 5.02 Å². The summed E-state index contributed by atoms with van der Waals surface area (Å²) >= 11 is 6.05. The molecular weight excluding hydrogens is 378 g/mol. The summed E-state index contributed by atoms with van der Waals surface area (Å²) < 4.78 is 5.63. The average molecular weight is 394 g/mol. The second kappa shape index (κ2) is 9.53.